The average Bonchev–Trinajstić information content (AvgIpc) is 2.93. The van der Waals surface area contributed by atoms with Crippen molar-refractivity contribution in [1.29, 1.82) is 0 Å². The van der Waals surface area contributed by atoms with Crippen LogP contribution in [0.1, 0.15) is 25.7 Å². The van der Waals surface area contributed by atoms with Gasteiger partial charge < -0.3 is 11.1 Å². The number of hydrogen-bond acceptors (Lipinski definition) is 3. The van der Waals surface area contributed by atoms with Crippen LogP contribution in [0.2, 0.25) is 0 Å². The van der Waals surface area contributed by atoms with Crippen LogP contribution < -0.4 is 11.1 Å². The summed E-state index contributed by atoms with van der Waals surface area (Å²) in [7, 11) is 0. The van der Waals surface area contributed by atoms with E-state index in [4.69, 9.17) is 5.73 Å². The van der Waals surface area contributed by atoms with Gasteiger partial charge in [0.15, 0.2) is 0 Å². The molecule has 3 nitrogen and oxygen atoms in total. The summed E-state index contributed by atoms with van der Waals surface area (Å²) in [5.74, 6) is 3.91. The van der Waals surface area contributed by atoms with Crippen molar-refractivity contribution in [2.24, 2.45) is 17.6 Å². The van der Waals surface area contributed by atoms with E-state index in [9.17, 15) is 4.79 Å². The van der Waals surface area contributed by atoms with Gasteiger partial charge in [-0.15, -0.1) is 0 Å². The maximum atomic E-state index is 11.5. The number of hydrogen-bond donors (Lipinski definition) is 2. The second kappa shape index (κ2) is 5.21. The molecule has 0 radical (unpaired) electrons. The molecule has 1 aliphatic carbocycles. The van der Waals surface area contributed by atoms with E-state index in [0.717, 1.165) is 6.54 Å². The molecule has 2 aliphatic rings. The zero-order valence-electron chi connectivity index (χ0n) is 9.08. The Bertz CT molecular complexity index is 225. The molecular weight excluding hydrogens is 208 g/mol. The van der Waals surface area contributed by atoms with E-state index in [1.807, 2.05) is 11.8 Å². The van der Waals surface area contributed by atoms with Crippen LogP contribution in [-0.4, -0.2) is 30.0 Å². The highest BCUT2D eigenvalue weighted by atomic mass is 32.2. The fourth-order valence-electron chi connectivity index (χ4n) is 1.98. The van der Waals surface area contributed by atoms with Crippen molar-refractivity contribution in [1.82, 2.24) is 5.32 Å². The summed E-state index contributed by atoms with van der Waals surface area (Å²) in [4.78, 5) is 11.5. The first-order valence-corrected chi connectivity index (χ1v) is 7.01. The molecule has 4 heteroatoms. The van der Waals surface area contributed by atoms with E-state index in [-0.39, 0.29) is 11.9 Å². The zero-order chi connectivity index (χ0) is 10.7. The van der Waals surface area contributed by atoms with Crippen molar-refractivity contribution in [3.8, 4) is 0 Å². The normalized spacial score (nSPS) is 27.7. The summed E-state index contributed by atoms with van der Waals surface area (Å²) in [6.07, 6.45) is 4.20. The minimum absolute atomic E-state index is 0.1000. The second-order valence-electron chi connectivity index (χ2n) is 4.74. The number of amides is 1. The lowest BCUT2D eigenvalue weighted by Gasteiger charge is -2.12. The smallest absolute Gasteiger partial charge is 0.221 e. The molecule has 0 bridgehead atoms. The first kappa shape index (κ1) is 11.3. The van der Waals surface area contributed by atoms with Crippen LogP contribution in [0.3, 0.4) is 0 Å². The van der Waals surface area contributed by atoms with Gasteiger partial charge in [0.2, 0.25) is 5.91 Å². The molecule has 1 saturated heterocycles. The third-order valence-electron chi connectivity index (χ3n) is 3.26. The Morgan fingerprint density at radius 3 is 2.87 bits per heavy atom. The molecule has 86 valence electrons. The third-order valence-corrected chi connectivity index (χ3v) is 4.49. The summed E-state index contributed by atoms with van der Waals surface area (Å²) in [5.41, 5.74) is 5.90. The number of carbonyl (C=O) groups is 1. The van der Waals surface area contributed by atoms with Gasteiger partial charge in [0.25, 0.3) is 0 Å². The van der Waals surface area contributed by atoms with Gasteiger partial charge in [-0.05, 0) is 42.6 Å². The first-order valence-electron chi connectivity index (χ1n) is 5.85. The Morgan fingerprint density at radius 2 is 2.27 bits per heavy atom. The lowest BCUT2D eigenvalue weighted by molar-refractivity contribution is -0.121. The van der Waals surface area contributed by atoms with Gasteiger partial charge in [0.1, 0.15) is 0 Å². The Labute approximate surface area is 95.6 Å². The van der Waals surface area contributed by atoms with Crippen LogP contribution in [0.4, 0.5) is 0 Å². The number of nitrogens with two attached hydrogens (primary N) is 1. The van der Waals surface area contributed by atoms with Crippen molar-refractivity contribution in [2.75, 3.05) is 18.1 Å². The summed E-state index contributed by atoms with van der Waals surface area (Å²) in [5, 5.41) is 3.01. The van der Waals surface area contributed by atoms with Gasteiger partial charge in [-0.2, -0.15) is 11.8 Å². The Balaban J connectivity index is 1.59. The minimum atomic E-state index is 0.1000. The second-order valence-corrected chi connectivity index (χ2v) is 5.89. The Hall–Kier alpha value is -0.220. The number of thioether (sulfide) groups is 1. The summed E-state index contributed by atoms with van der Waals surface area (Å²) < 4.78 is 0. The average molecular weight is 228 g/mol. The molecule has 0 spiro atoms. The van der Waals surface area contributed by atoms with Crippen LogP contribution in [0.5, 0.6) is 0 Å². The molecule has 0 aromatic carbocycles. The predicted octanol–water partition coefficient (Wildman–Crippen LogP) is 0.983. The molecular formula is C11H20N2OS. The van der Waals surface area contributed by atoms with E-state index in [2.05, 4.69) is 5.32 Å². The Kier molecular flexibility index (Phi) is 3.92. The Morgan fingerprint density at radius 1 is 1.47 bits per heavy atom. The molecule has 1 heterocycles. The van der Waals surface area contributed by atoms with Gasteiger partial charge >= 0.3 is 0 Å². The zero-order valence-corrected chi connectivity index (χ0v) is 9.89. The van der Waals surface area contributed by atoms with Crippen LogP contribution in [0.25, 0.3) is 0 Å². The highest BCUT2D eigenvalue weighted by Gasteiger charge is 2.29. The third kappa shape index (κ3) is 3.68. The molecule has 0 aromatic heterocycles. The summed E-state index contributed by atoms with van der Waals surface area (Å²) in [6.45, 7) is 0.850. The van der Waals surface area contributed by atoms with Crippen LogP contribution in [0.15, 0.2) is 0 Å². The molecule has 2 fully saturated rings. The van der Waals surface area contributed by atoms with Crippen molar-refractivity contribution in [3.05, 3.63) is 0 Å². The van der Waals surface area contributed by atoms with Crippen LogP contribution >= 0.6 is 11.8 Å². The maximum absolute atomic E-state index is 11.5. The van der Waals surface area contributed by atoms with Crippen molar-refractivity contribution in [2.45, 2.75) is 31.7 Å². The van der Waals surface area contributed by atoms with Gasteiger partial charge in [-0.1, -0.05) is 0 Å². The lowest BCUT2D eigenvalue weighted by Crippen LogP contribution is -2.35. The first-order chi connectivity index (χ1) is 7.25. The number of nitrogens with one attached hydrogen (secondary N) is 1. The minimum Gasteiger partial charge on any atom is -0.356 e. The molecule has 1 aliphatic heterocycles. The highest BCUT2D eigenvalue weighted by molar-refractivity contribution is 7.99. The molecule has 1 saturated carbocycles. The summed E-state index contributed by atoms with van der Waals surface area (Å²) in [6, 6.07) is 0.1000. The lowest BCUT2D eigenvalue weighted by atomic mass is 10.1. The maximum Gasteiger partial charge on any atom is 0.221 e. The largest absolute Gasteiger partial charge is 0.356 e. The molecule has 2 atom stereocenters. The van der Waals surface area contributed by atoms with E-state index in [0.29, 0.717) is 18.3 Å². The monoisotopic (exact) mass is 228 g/mol. The number of rotatable bonds is 5. The molecule has 2 unspecified atom stereocenters. The molecule has 1 amide bonds. The fourth-order valence-corrected chi connectivity index (χ4v) is 3.26. The van der Waals surface area contributed by atoms with E-state index in [1.54, 1.807) is 0 Å². The summed E-state index contributed by atoms with van der Waals surface area (Å²) >= 11 is 1.99. The fraction of sp³-hybridized carbons (Fsp3) is 0.909. The van der Waals surface area contributed by atoms with Crippen molar-refractivity contribution in [3.63, 3.8) is 0 Å². The topological polar surface area (TPSA) is 55.1 Å². The standard InChI is InChI=1S/C11H20N2OS/c12-10(9-1-2-9)5-11(14)13-6-8-3-4-15-7-8/h8-10H,1-7,12H2,(H,13,14). The van der Waals surface area contributed by atoms with E-state index < -0.39 is 0 Å². The van der Waals surface area contributed by atoms with Crippen LogP contribution in [-0.2, 0) is 4.79 Å². The molecule has 0 aromatic rings. The quantitative estimate of drug-likeness (QED) is 0.737. The van der Waals surface area contributed by atoms with Crippen LogP contribution in [0, 0.1) is 11.8 Å². The van der Waals surface area contributed by atoms with E-state index in [1.165, 1.54) is 30.8 Å². The van der Waals surface area contributed by atoms with Gasteiger partial charge in [-0.25, -0.2) is 0 Å². The van der Waals surface area contributed by atoms with Gasteiger partial charge in [-0.3, -0.25) is 4.79 Å². The molecule has 2 rings (SSSR count). The van der Waals surface area contributed by atoms with Crippen molar-refractivity contribution < 1.29 is 4.79 Å². The molecule has 15 heavy (non-hydrogen) atoms. The van der Waals surface area contributed by atoms with Gasteiger partial charge in [0, 0.05) is 19.0 Å². The SMILES string of the molecule is NC(CC(=O)NCC1CCSC1)C1CC1. The molecule has 3 N–H and O–H groups in total. The van der Waals surface area contributed by atoms with E-state index >= 15 is 0 Å². The highest BCUT2D eigenvalue weighted by Crippen LogP contribution is 2.32. The van der Waals surface area contributed by atoms with Crippen molar-refractivity contribution >= 4 is 17.7 Å². The predicted molar refractivity (Wildman–Crippen MR) is 63.8 cm³/mol. The van der Waals surface area contributed by atoms with Gasteiger partial charge in [0.05, 0.1) is 0 Å². The number of carbonyl (C=O) groups excluding carboxylic acids is 1.